The number of carboxylic acid groups (broad SMARTS) is 1. The Morgan fingerprint density at radius 1 is 0.430 bits per heavy atom. The summed E-state index contributed by atoms with van der Waals surface area (Å²) in [5.41, 5.74) is 45.2. The minimum atomic E-state index is -2.05. The lowest BCUT2D eigenvalue weighted by Gasteiger charge is -2.29. The molecule has 14 amide bonds. The highest BCUT2D eigenvalue weighted by molar-refractivity contribution is 6.00. The molecule has 0 saturated heterocycles. The molecule has 0 bridgehead atoms. The monoisotopic (exact) mass is 1610 g/mol. The van der Waals surface area contributed by atoms with Crippen LogP contribution in [0.2, 0.25) is 0 Å². The molecule has 39 nitrogen and oxygen atoms in total. The maximum atomic E-state index is 14.8. The van der Waals surface area contributed by atoms with Crippen LogP contribution in [-0.2, 0) is 78.3 Å². The Labute approximate surface area is 665 Å². The molecule has 30 N–H and O–H groups in total. The van der Waals surface area contributed by atoms with E-state index >= 15 is 0 Å². The number of nitrogens with zero attached hydrogens (tertiary/aromatic N) is 2. The van der Waals surface area contributed by atoms with Crippen LogP contribution < -0.4 is 110 Å². The average Bonchev–Trinajstić information content (AvgIpc) is 0.832. The Kier molecular flexibility index (Phi) is 45.0. The van der Waals surface area contributed by atoms with Crippen LogP contribution >= 0.6 is 0 Å². The van der Waals surface area contributed by atoms with Gasteiger partial charge < -0.3 is 120 Å². The number of unbranched alkanes of at least 4 members (excludes halogenated alkanes) is 1. The zero-order valence-corrected chi connectivity index (χ0v) is 67.2. The number of hydrogen-bond donors (Lipinski definition) is 22. The van der Waals surface area contributed by atoms with Crippen molar-refractivity contribution >= 4 is 111 Å². The van der Waals surface area contributed by atoms with E-state index in [9.17, 15) is 82.1 Å². The third-order valence-electron chi connectivity index (χ3n) is 18.6. The van der Waals surface area contributed by atoms with Gasteiger partial charge in [-0.15, -0.1) is 0 Å². The van der Waals surface area contributed by atoms with Crippen LogP contribution in [-0.4, -0.2) is 216 Å². The zero-order valence-electron chi connectivity index (χ0n) is 67.2. The van der Waals surface area contributed by atoms with E-state index in [0.29, 0.717) is 43.1 Å². The number of aliphatic hydroxyl groups is 1. The molecule has 0 spiro atoms. The second-order valence-electron chi connectivity index (χ2n) is 29.8. The molecule has 2 aromatic carbocycles. The molecule has 0 unspecified atom stereocenters. The van der Waals surface area contributed by atoms with E-state index < -0.39 is 211 Å². The number of hydrogen-bond acceptors (Lipinski definition) is 20. The minimum Gasteiger partial charge on any atom is -0.481 e. The quantitative estimate of drug-likeness (QED) is 0.0170. The van der Waals surface area contributed by atoms with E-state index in [-0.39, 0.29) is 94.8 Å². The SMILES string of the molecule is CC[C@H](C)[C@H](NC(=O)[C@H](CCCCN)NC(=O)[C@@H](NC(=O)[C@@H](N)CCCN=C(N)N)[C@@H](C)CC)C(=O)NCC(=O)N[C@@H](CC(C)C)C(=O)N[C@@H](Cc1ccc2ccccc2c1)C(=O)N[C@@H](CC(=O)O)C(=O)N[C@@H](CCC(N)=O)C(=O)N[C@@H](CC(C)C)C(=O)N[C@@H](CO)C(=O)N[C@@H](CCCN=C(N)N)C(=O)N[C@@H](CC(C)C)C(N)=O. The summed E-state index contributed by atoms with van der Waals surface area (Å²) in [5.74, 6) is -16.9. The predicted molar refractivity (Wildman–Crippen MR) is 427 cm³/mol. The van der Waals surface area contributed by atoms with Gasteiger partial charge in [-0.05, 0) is 123 Å². The van der Waals surface area contributed by atoms with Gasteiger partial charge in [0.25, 0.3) is 0 Å². The number of aliphatic imine (C=N–C) groups is 2. The molecule has 0 aliphatic heterocycles. The highest BCUT2D eigenvalue weighted by Crippen LogP contribution is 2.20. The topological polar surface area (TPSA) is 674 Å². The van der Waals surface area contributed by atoms with Crippen LogP contribution in [0.15, 0.2) is 52.4 Å². The average molecular weight is 1610 g/mol. The van der Waals surface area contributed by atoms with E-state index in [0.717, 1.165) is 5.39 Å². The summed E-state index contributed by atoms with van der Waals surface area (Å²) in [5, 5.41) is 52.8. The summed E-state index contributed by atoms with van der Waals surface area (Å²) in [6, 6.07) is -5.19. The van der Waals surface area contributed by atoms with Gasteiger partial charge >= 0.3 is 5.97 Å². The van der Waals surface area contributed by atoms with Crippen LogP contribution in [0, 0.1) is 29.6 Å². The molecule has 114 heavy (non-hydrogen) atoms. The predicted octanol–water partition coefficient (Wildman–Crippen LogP) is -4.16. The Hall–Kier alpha value is -10.8. The van der Waals surface area contributed by atoms with Gasteiger partial charge in [-0.25, -0.2) is 0 Å². The highest BCUT2D eigenvalue weighted by atomic mass is 16.4. The van der Waals surface area contributed by atoms with Crippen molar-refractivity contribution in [3.8, 4) is 0 Å². The van der Waals surface area contributed by atoms with Crippen molar-refractivity contribution in [1.82, 2.24) is 63.8 Å². The number of fused-ring (bicyclic) bond motifs is 1. The van der Waals surface area contributed by atoms with Crippen molar-refractivity contribution in [2.45, 2.75) is 244 Å². The van der Waals surface area contributed by atoms with E-state index in [4.69, 9.17) is 45.9 Å². The molecule has 638 valence electrons. The van der Waals surface area contributed by atoms with Gasteiger partial charge in [-0.1, -0.05) is 125 Å². The number of carbonyl (C=O) groups is 15. The Balaban J connectivity index is 2.54. The summed E-state index contributed by atoms with van der Waals surface area (Å²) in [4.78, 5) is 215. The molecule has 2 aromatic rings. The first-order chi connectivity index (χ1) is 53.6. The summed E-state index contributed by atoms with van der Waals surface area (Å²) in [6.45, 7) is 16.1. The molecule has 0 fully saturated rings. The fourth-order valence-corrected chi connectivity index (χ4v) is 11.9. The van der Waals surface area contributed by atoms with Crippen LogP contribution in [0.3, 0.4) is 0 Å². The highest BCUT2D eigenvalue weighted by Gasteiger charge is 2.38. The number of benzene rings is 2. The van der Waals surface area contributed by atoms with Gasteiger partial charge in [0.15, 0.2) is 11.9 Å². The number of carboxylic acids is 1. The summed E-state index contributed by atoms with van der Waals surface area (Å²) >= 11 is 0. The van der Waals surface area contributed by atoms with Crippen LogP contribution in [0.25, 0.3) is 10.8 Å². The normalized spacial score (nSPS) is 14.9. The maximum absolute atomic E-state index is 14.8. The smallest absolute Gasteiger partial charge is 0.305 e. The summed E-state index contributed by atoms with van der Waals surface area (Å²) in [7, 11) is 0. The summed E-state index contributed by atoms with van der Waals surface area (Å²) < 4.78 is 0. The molecular formula is C75H126N22O17. The van der Waals surface area contributed by atoms with E-state index in [1.807, 2.05) is 13.0 Å². The number of primary amides is 2. The largest absolute Gasteiger partial charge is 0.481 e. The van der Waals surface area contributed by atoms with Gasteiger partial charge in [0, 0.05) is 25.9 Å². The number of aliphatic carboxylic acids is 1. The number of guanidine groups is 2. The van der Waals surface area contributed by atoms with Gasteiger partial charge in [0.05, 0.1) is 25.6 Å². The molecule has 14 atom stereocenters. The van der Waals surface area contributed by atoms with E-state index in [2.05, 4.69) is 73.8 Å². The molecule has 0 radical (unpaired) electrons. The number of rotatable bonds is 55. The fourth-order valence-electron chi connectivity index (χ4n) is 11.9. The molecule has 0 aliphatic rings. The van der Waals surface area contributed by atoms with Crippen molar-refractivity contribution in [2.75, 3.05) is 32.8 Å². The second-order valence-corrected chi connectivity index (χ2v) is 29.8. The fraction of sp³-hybridized carbons (Fsp3) is 0.640. The van der Waals surface area contributed by atoms with Gasteiger partial charge in [-0.3, -0.25) is 81.9 Å². The van der Waals surface area contributed by atoms with Gasteiger partial charge in [0.1, 0.15) is 66.5 Å². The van der Waals surface area contributed by atoms with E-state index in [1.54, 1.807) is 98.7 Å². The lowest BCUT2D eigenvalue weighted by Crippen LogP contribution is -2.61. The number of aliphatic hydroxyl groups excluding tert-OH is 1. The standard InChI is InChI=1S/C75H126N22O17/c1-11-42(9)60(97-66(107)48(22-15-16-28-76)90-73(114)61(43(10)12-2)96-63(104)47(77)21-17-29-84-74(80)81)72(113)86-37-58(100)87-52(32-40(5)6)67(108)93-54(35-44-24-25-45-19-13-14-20-46(45)34-44)69(110)94-55(36-59(101)102)70(111)89-50(26-27-57(78)99)65(106)92-53(33-41(7)8)68(109)95-56(38-98)71(112)88-49(23-18-30-85-75(82)83)64(105)91-51(62(79)103)31-39(3)4/h13-14,19-20,24-25,34,39-43,47-56,60-61,98H,11-12,15-18,21-23,26-33,35-38,76-77H2,1-10H3,(H2,78,99)(H2,79,103)(H,86,113)(H,87,100)(H,88,112)(H,89,111)(H,90,114)(H,91,105)(H,92,106)(H,93,108)(H,94,110)(H,95,109)(H,96,104)(H,97,107)(H,101,102)(H4,80,81,84)(H4,82,83,85)/t42-,43-,47-,48-,49-,50-,51-,52-,53-,54-,55-,56-,60-,61-/m0/s1. The van der Waals surface area contributed by atoms with Crippen LogP contribution in [0.5, 0.6) is 0 Å². The van der Waals surface area contributed by atoms with Crippen molar-refractivity contribution in [3.63, 3.8) is 0 Å². The third kappa shape index (κ3) is 37.7. The Bertz CT molecular complexity index is 3610. The molecule has 0 saturated carbocycles. The van der Waals surface area contributed by atoms with Crippen molar-refractivity contribution < 1.29 is 82.1 Å². The minimum absolute atomic E-state index is 0.0153. The third-order valence-corrected chi connectivity index (χ3v) is 18.6. The van der Waals surface area contributed by atoms with Crippen molar-refractivity contribution in [3.05, 3.63) is 48.0 Å². The molecule has 39 heteroatoms. The molecule has 0 aromatic heterocycles. The van der Waals surface area contributed by atoms with Crippen molar-refractivity contribution in [2.24, 2.45) is 85.4 Å². The molecule has 0 aliphatic carbocycles. The van der Waals surface area contributed by atoms with E-state index in [1.165, 1.54) is 0 Å². The number of nitrogens with one attached hydrogen (secondary N) is 12. The lowest BCUT2D eigenvalue weighted by atomic mass is 9.96. The molecule has 0 heterocycles. The molecular weight excluding hydrogens is 1480 g/mol. The van der Waals surface area contributed by atoms with Crippen LogP contribution in [0.1, 0.15) is 171 Å². The van der Waals surface area contributed by atoms with Crippen LogP contribution in [0.4, 0.5) is 0 Å². The first kappa shape index (κ1) is 99.2. The Morgan fingerprint density at radius 2 is 0.842 bits per heavy atom. The van der Waals surface area contributed by atoms with Crippen molar-refractivity contribution in [1.29, 1.82) is 0 Å². The Morgan fingerprint density at radius 3 is 1.35 bits per heavy atom. The lowest BCUT2D eigenvalue weighted by molar-refractivity contribution is -0.141. The molecule has 2 rings (SSSR count). The first-order valence-electron chi connectivity index (χ1n) is 38.7. The number of amides is 14. The number of carbonyl (C=O) groups excluding carboxylic acids is 14. The first-order valence-corrected chi connectivity index (χ1v) is 38.7. The summed E-state index contributed by atoms with van der Waals surface area (Å²) in [6.07, 6.45) is -0.400. The second kappa shape index (κ2) is 51.7. The number of nitrogens with two attached hydrogens (primary N) is 8. The maximum Gasteiger partial charge on any atom is 0.305 e. The van der Waals surface area contributed by atoms with Gasteiger partial charge in [0.2, 0.25) is 82.7 Å². The van der Waals surface area contributed by atoms with Gasteiger partial charge in [-0.2, -0.15) is 0 Å². The zero-order chi connectivity index (χ0) is 86.1.